The number of carbonyl (C=O) groups excluding carboxylic acids is 2. The topological polar surface area (TPSA) is 68.8 Å². The van der Waals surface area contributed by atoms with Crippen LogP contribution in [0.2, 0.25) is 0 Å². The van der Waals surface area contributed by atoms with Crippen molar-refractivity contribution in [3.63, 3.8) is 0 Å². The maximum absolute atomic E-state index is 12.8. The number of amides is 2. The summed E-state index contributed by atoms with van der Waals surface area (Å²) >= 11 is 0. The van der Waals surface area contributed by atoms with Gasteiger partial charge in [0.15, 0.2) is 0 Å². The number of likely N-dealkylation sites (N-methyl/N-ethyl adjacent to an activating group) is 1. The van der Waals surface area contributed by atoms with Gasteiger partial charge in [-0.15, -0.1) is 0 Å². The first kappa shape index (κ1) is 20.3. The molecule has 3 heterocycles. The van der Waals surface area contributed by atoms with Crippen molar-refractivity contribution in [2.45, 2.75) is 20.3 Å². The van der Waals surface area contributed by atoms with Crippen LogP contribution in [0.3, 0.4) is 0 Å². The average Bonchev–Trinajstić information content (AvgIpc) is 3.13. The van der Waals surface area contributed by atoms with E-state index in [4.69, 9.17) is 0 Å². The molecule has 7 heteroatoms. The number of aromatic nitrogens is 1. The summed E-state index contributed by atoms with van der Waals surface area (Å²) < 4.78 is 0. The standard InChI is InChI=1S/C23H29N5O2/c1-16-5-4-6-20(17(16)2)28-15-18(13-22(28)29)23(30)25-19-7-8-21(24-14-19)27-11-9-26(3)10-12-27/h4-8,14,18H,9-13,15H2,1-3H3,(H,25,30). The predicted molar refractivity (Wildman–Crippen MR) is 119 cm³/mol. The monoisotopic (exact) mass is 407 g/mol. The van der Waals surface area contributed by atoms with E-state index in [1.54, 1.807) is 11.1 Å². The molecule has 2 amide bonds. The largest absolute Gasteiger partial charge is 0.354 e. The van der Waals surface area contributed by atoms with E-state index in [1.807, 2.05) is 44.2 Å². The van der Waals surface area contributed by atoms with Gasteiger partial charge in [-0.25, -0.2) is 4.98 Å². The van der Waals surface area contributed by atoms with Crippen molar-refractivity contribution in [2.75, 3.05) is 54.9 Å². The molecule has 1 aromatic heterocycles. The Labute approximate surface area is 177 Å². The number of aryl methyl sites for hydroxylation is 1. The first-order valence-electron chi connectivity index (χ1n) is 10.5. The van der Waals surface area contributed by atoms with Gasteiger partial charge in [0.2, 0.25) is 11.8 Å². The fraction of sp³-hybridized carbons (Fsp3) is 0.435. The number of rotatable bonds is 4. The van der Waals surface area contributed by atoms with E-state index in [9.17, 15) is 9.59 Å². The van der Waals surface area contributed by atoms with Crippen LogP contribution in [-0.4, -0.2) is 61.5 Å². The minimum absolute atomic E-state index is 0.00705. The molecule has 0 spiro atoms. The lowest BCUT2D eigenvalue weighted by atomic mass is 10.1. The Morgan fingerprint density at radius 2 is 1.87 bits per heavy atom. The first-order chi connectivity index (χ1) is 14.4. The summed E-state index contributed by atoms with van der Waals surface area (Å²) in [7, 11) is 2.12. The molecule has 1 N–H and O–H groups in total. The average molecular weight is 408 g/mol. The maximum atomic E-state index is 12.8. The van der Waals surface area contributed by atoms with E-state index in [1.165, 1.54) is 0 Å². The van der Waals surface area contributed by atoms with Crippen LogP contribution in [0.5, 0.6) is 0 Å². The highest BCUT2D eigenvalue weighted by molar-refractivity contribution is 6.03. The lowest BCUT2D eigenvalue weighted by Crippen LogP contribution is -2.44. The van der Waals surface area contributed by atoms with Crippen LogP contribution in [0.4, 0.5) is 17.2 Å². The lowest BCUT2D eigenvalue weighted by molar-refractivity contribution is -0.122. The zero-order chi connectivity index (χ0) is 21.3. The van der Waals surface area contributed by atoms with E-state index in [0.29, 0.717) is 12.2 Å². The molecule has 0 saturated carbocycles. The number of nitrogens with one attached hydrogen (secondary N) is 1. The zero-order valence-electron chi connectivity index (χ0n) is 17.9. The Morgan fingerprint density at radius 3 is 2.57 bits per heavy atom. The second kappa shape index (κ2) is 8.44. The first-order valence-corrected chi connectivity index (χ1v) is 10.5. The van der Waals surface area contributed by atoms with Crippen LogP contribution >= 0.6 is 0 Å². The Hall–Kier alpha value is -2.93. The van der Waals surface area contributed by atoms with E-state index in [-0.39, 0.29) is 24.2 Å². The fourth-order valence-electron chi connectivity index (χ4n) is 4.07. The number of carbonyl (C=O) groups is 2. The van der Waals surface area contributed by atoms with Crippen molar-refractivity contribution < 1.29 is 9.59 Å². The molecule has 2 aliphatic rings. The number of piperazine rings is 1. The number of benzene rings is 1. The van der Waals surface area contributed by atoms with Crippen molar-refractivity contribution in [1.82, 2.24) is 9.88 Å². The summed E-state index contributed by atoms with van der Waals surface area (Å²) in [6, 6.07) is 9.76. The minimum atomic E-state index is -0.366. The van der Waals surface area contributed by atoms with Gasteiger partial charge in [-0.3, -0.25) is 9.59 Å². The lowest BCUT2D eigenvalue weighted by Gasteiger charge is -2.33. The summed E-state index contributed by atoms with van der Waals surface area (Å²) in [6.45, 7) is 8.39. The Balaban J connectivity index is 1.38. The van der Waals surface area contributed by atoms with Gasteiger partial charge in [0.1, 0.15) is 5.82 Å². The second-order valence-electron chi connectivity index (χ2n) is 8.31. The molecular weight excluding hydrogens is 378 g/mol. The van der Waals surface area contributed by atoms with Crippen molar-refractivity contribution in [3.05, 3.63) is 47.7 Å². The number of nitrogens with zero attached hydrogens (tertiary/aromatic N) is 4. The summed E-state index contributed by atoms with van der Waals surface area (Å²) in [4.78, 5) is 36.2. The quantitative estimate of drug-likeness (QED) is 0.843. The third-order valence-electron chi connectivity index (χ3n) is 6.21. The normalized spacial score (nSPS) is 20.0. The van der Waals surface area contributed by atoms with Crippen molar-refractivity contribution in [1.29, 1.82) is 0 Å². The molecule has 4 rings (SSSR count). The van der Waals surface area contributed by atoms with Gasteiger partial charge < -0.3 is 20.0 Å². The van der Waals surface area contributed by atoms with Crippen LogP contribution < -0.4 is 15.1 Å². The van der Waals surface area contributed by atoms with Crippen LogP contribution in [0.25, 0.3) is 0 Å². The van der Waals surface area contributed by atoms with Gasteiger partial charge in [-0.1, -0.05) is 12.1 Å². The Morgan fingerprint density at radius 1 is 1.10 bits per heavy atom. The predicted octanol–water partition coefficient (Wildman–Crippen LogP) is 2.44. The molecule has 2 saturated heterocycles. The van der Waals surface area contributed by atoms with Gasteiger partial charge >= 0.3 is 0 Å². The number of pyridine rings is 1. The molecule has 1 aromatic carbocycles. The van der Waals surface area contributed by atoms with Crippen LogP contribution in [0.15, 0.2) is 36.5 Å². The van der Waals surface area contributed by atoms with E-state index in [2.05, 4.69) is 27.1 Å². The minimum Gasteiger partial charge on any atom is -0.354 e. The third-order valence-corrected chi connectivity index (χ3v) is 6.21. The molecule has 0 aliphatic carbocycles. The van der Waals surface area contributed by atoms with Gasteiger partial charge in [0, 0.05) is 44.8 Å². The highest BCUT2D eigenvalue weighted by atomic mass is 16.2. The summed E-state index contributed by atoms with van der Waals surface area (Å²) in [5.74, 6) is 0.422. The van der Waals surface area contributed by atoms with Crippen molar-refractivity contribution in [3.8, 4) is 0 Å². The summed E-state index contributed by atoms with van der Waals surface area (Å²) in [6.07, 6.45) is 1.93. The molecule has 1 atom stereocenters. The van der Waals surface area contributed by atoms with Gasteiger partial charge in [-0.2, -0.15) is 0 Å². The van der Waals surface area contributed by atoms with E-state index >= 15 is 0 Å². The SMILES string of the molecule is Cc1cccc(N2CC(C(=O)Nc3ccc(N4CCN(C)CC4)nc3)CC2=O)c1C. The summed E-state index contributed by atoms with van der Waals surface area (Å²) in [5, 5.41) is 2.93. The molecule has 1 unspecified atom stereocenters. The fourth-order valence-corrected chi connectivity index (χ4v) is 4.07. The molecule has 7 nitrogen and oxygen atoms in total. The van der Waals surface area contributed by atoms with Gasteiger partial charge in [-0.05, 0) is 50.2 Å². The highest BCUT2D eigenvalue weighted by Crippen LogP contribution is 2.30. The van der Waals surface area contributed by atoms with Crippen LogP contribution in [0.1, 0.15) is 17.5 Å². The summed E-state index contributed by atoms with van der Waals surface area (Å²) in [5.41, 5.74) is 3.78. The number of hydrogen-bond acceptors (Lipinski definition) is 5. The van der Waals surface area contributed by atoms with Crippen molar-refractivity contribution >= 4 is 29.0 Å². The molecule has 2 aromatic rings. The number of hydrogen-bond donors (Lipinski definition) is 1. The smallest absolute Gasteiger partial charge is 0.229 e. The third kappa shape index (κ3) is 4.16. The molecule has 0 bridgehead atoms. The van der Waals surface area contributed by atoms with E-state index < -0.39 is 0 Å². The Kier molecular flexibility index (Phi) is 5.72. The molecular formula is C23H29N5O2. The van der Waals surface area contributed by atoms with Crippen molar-refractivity contribution in [2.24, 2.45) is 5.92 Å². The highest BCUT2D eigenvalue weighted by Gasteiger charge is 2.35. The molecule has 2 aliphatic heterocycles. The second-order valence-corrected chi connectivity index (χ2v) is 8.31. The van der Waals surface area contributed by atoms with E-state index in [0.717, 1.165) is 48.8 Å². The maximum Gasteiger partial charge on any atom is 0.229 e. The molecule has 2 fully saturated rings. The zero-order valence-corrected chi connectivity index (χ0v) is 17.9. The molecule has 30 heavy (non-hydrogen) atoms. The van der Waals surface area contributed by atoms with Crippen LogP contribution in [0, 0.1) is 19.8 Å². The molecule has 158 valence electrons. The van der Waals surface area contributed by atoms with Gasteiger partial charge in [0.05, 0.1) is 17.8 Å². The van der Waals surface area contributed by atoms with Gasteiger partial charge in [0.25, 0.3) is 0 Å². The molecule has 0 radical (unpaired) electrons. The Bertz CT molecular complexity index is 935. The van der Waals surface area contributed by atoms with Crippen LogP contribution in [-0.2, 0) is 9.59 Å². The number of anilines is 3.